The first kappa shape index (κ1) is 15.3. The molecule has 0 radical (unpaired) electrons. The van der Waals surface area contributed by atoms with Crippen molar-refractivity contribution in [1.29, 1.82) is 0 Å². The molecule has 1 unspecified atom stereocenters. The van der Waals surface area contributed by atoms with Gasteiger partial charge < -0.3 is 10.1 Å². The average Bonchev–Trinajstić information content (AvgIpc) is 2.50. The molecule has 0 saturated carbocycles. The molecule has 0 aliphatic rings. The third-order valence-corrected chi connectivity index (χ3v) is 3.25. The average molecular weight is 306 g/mol. The summed E-state index contributed by atoms with van der Waals surface area (Å²) in [6.45, 7) is 3.76. The zero-order valence-corrected chi connectivity index (χ0v) is 12.6. The van der Waals surface area contributed by atoms with Gasteiger partial charge in [0.2, 0.25) is 0 Å². The molecular formula is C15H16ClN3O2. The van der Waals surface area contributed by atoms with Crippen LogP contribution in [0.4, 0.5) is 5.69 Å². The van der Waals surface area contributed by atoms with E-state index in [4.69, 9.17) is 16.3 Å². The number of ether oxygens (including phenoxy) is 1. The van der Waals surface area contributed by atoms with E-state index in [1.165, 1.54) is 6.20 Å². The molecule has 1 N–H and O–H groups in total. The molecule has 0 spiro atoms. The number of anilines is 1. The molecule has 1 aromatic carbocycles. The Kier molecular flexibility index (Phi) is 4.75. The highest BCUT2D eigenvalue weighted by Gasteiger charge is 2.38. The topological polar surface area (TPSA) is 64.1 Å². The van der Waals surface area contributed by atoms with Crippen LogP contribution in [0.3, 0.4) is 0 Å². The molecule has 5 nitrogen and oxygen atoms in total. The number of rotatable bonds is 5. The van der Waals surface area contributed by atoms with Crippen LogP contribution in [0.2, 0.25) is 5.02 Å². The second kappa shape index (κ2) is 6.54. The van der Waals surface area contributed by atoms with E-state index in [1.807, 2.05) is 0 Å². The summed E-state index contributed by atoms with van der Waals surface area (Å²) < 4.78 is 5.16. The van der Waals surface area contributed by atoms with Gasteiger partial charge in [-0.25, -0.2) is 4.79 Å². The molecule has 0 bridgehead atoms. The molecule has 1 heterocycles. The van der Waals surface area contributed by atoms with Gasteiger partial charge in [-0.15, -0.1) is 0 Å². The number of halogens is 1. The molecule has 2 aromatic rings. The Morgan fingerprint density at radius 3 is 2.62 bits per heavy atom. The third-order valence-electron chi connectivity index (χ3n) is 3.00. The minimum atomic E-state index is -1.13. The number of hydrogen-bond donors (Lipinski definition) is 1. The molecule has 1 aromatic heterocycles. The van der Waals surface area contributed by atoms with E-state index in [0.717, 1.165) is 5.69 Å². The van der Waals surface area contributed by atoms with Crippen LogP contribution in [0.5, 0.6) is 0 Å². The molecule has 0 fully saturated rings. The lowest BCUT2D eigenvalue weighted by molar-refractivity contribution is -0.148. The zero-order chi connectivity index (χ0) is 15.3. The fraction of sp³-hybridized carbons (Fsp3) is 0.267. The van der Waals surface area contributed by atoms with Crippen LogP contribution < -0.4 is 5.32 Å². The van der Waals surface area contributed by atoms with Crippen molar-refractivity contribution in [2.45, 2.75) is 19.4 Å². The van der Waals surface area contributed by atoms with E-state index >= 15 is 0 Å². The Morgan fingerprint density at radius 1 is 1.33 bits per heavy atom. The van der Waals surface area contributed by atoms with Crippen molar-refractivity contribution in [2.75, 3.05) is 11.9 Å². The fourth-order valence-corrected chi connectivity index (χ4v) is 2.00. The molecule has 1 atom stereocenters. The highest BCUT2D eigenvalue weighted by molar-refractivity contribution is 6.30. The Hall–Kier alpha value is -2.14. The molecule has 21 heavy (non-hydrogen) atoms. The third kappa shape index (κ3) is 3.49. The largest absolute Gasteiger partial charge is 0.464 e. The Balaban J connectivity index is 2.36. The van der Waals surface area contributed by atoms with Gasteiger partial charge in [0.05, 0.1) is 18.5 Å². The lowest BCUT2D eigenvalue weighted by atomic mass is 9.97. The minimum absolute atomic E-state index is 0.289. The van der Waals surface area contributed by atoms with Gasteiger partial charge in [0, 0.05) is 23.1 Å². The van der Waals surface area contributed by atoms with E-state index in [2.05, 4.69) is 15.3 Å². The van der Waals surface area contributed by atoms with Crippen LogP contribution in [-0.4, -0.2) is 22.5 Å². The van der Waals surface area contributed by atoms with Gasteiger partial charge in [0.15, 0.2) is 5.54 Å². The predicted molar refractivity (Wildman–Crippen MR) is 81.1 cm³/mol. The van der Waals surface area contributed by atoms with Crippen molar-refractivity contribution in [3.63, 3.8) is 0 Å². The molecule has 2 rings (SSSR count). The number of carbonyl (C=O) groups excluding carboxylic acids is 1. The monoisotopic (exact) mass is 305 g/mol. The number of benzene rings is 1. The van der Waals surface area contributed by atoms with Crippen molar-refractivity contribution >= 4 is 23.3 Å². The van der Waals surface area contributed by atoms with E-state index in [9.17, 15) is 4.79 Å². The second-order valence-electron chi connectivity index (χ2n) is 4.57. The summed E-state index contributed by atoms with van der Waals surface area (Å²) in [4.78, 5) is 20.6. The summed E-state index contributed by atoms with van der Waals surface area (Å²) in [7, 11) is 0. The summed E-state index contributed by atoms with van der Waals surface area (Å²) in [5.74, 6) is -0.416. The van der Waals surface area contributed by atoms with Crippen LogP contribution in [0.1, 0.15) is 19.5 Å². The van der Waals surface area contributed by atoms with Crippen LogP contribution >= 0.6 is 11.6 Å². The van der Waals surface area contributed by atoms with Crippen LogP contribution in [-0.2, 0) is 15.1 Å². The number of hydrogen-bond acceptors (Lipinski definition) is 5. The van der Waals surface area contributed by atoms with Crippen LogP contribution in [0.15, 0.2) is 42.9 Å². The van der Waals surface area contributed by atoms with Gasteiger partial charge in [-0.3, -0.25) is 9.97 Å². The van der Waals surface area contributed by atoms with Crippen molar-refractivity contribution in [3.8, 4) is 0 Å². The lowest BCUT2D eigenvalue weighted by Gasteiger charge is -2.28. The number of nitrogens with zero attached hydrogens (tertiary/aromatic N) is 2. The van der Waals surface area contributed by atoms with Gasteiger partial charge in [0.25, 0.3) is 0 Å². The van der Waals surface area contributed by atoms with Crippen molar-refractivity contribution in [2.24, 2.45) is 0 Å². The Bertz CT molecular complexity index is 604. The summed E-state index contributed by atoms with van der Waals surface area (Å²) in [6, 6.07) is 7.06. The molecule has 0 saturated heterocycles. The van der Waals surface area contributed by atoms with E-state index in [1.54, 1.807) is 50.5 Å². The highest BCUT2D eigenvalue weighted by atomic mass is 35.5. The summed E-state index contributed by atoms with van der Waals surface area (Å²) in [5, 5.41) is 3.77. The number of carbonyl (C=O) groups is 1. The van der Waals surface area contributed by atoms with Gasteiger partial charge in [-0.2, -0.15) is 0 Å². The molecular weight excluding hydrogens is 290 g/mol. The maximum absolute atomic E-state index is 12.4. The Morgan fingerprint density at radius 2 is 2.05 bits per heavy atom. The molecule has 0 amide bonds. The zero-order valence-electron chi connectivity index (χ0n) is 11.8. The molecule has 6 heteroatoms. The standard InChI is InChI=1S/C15H16ClN3O2/c1-3-21-14(20)15(2,13-10-17-8-9-18-13)19-12-6-4-11(16)5-7-12/h4-10,19H,3H2,1-2H3. The Labute approximate surface area is 128 Å². The first-order valence-corrected chi connectivity index (χ1v) is 6.91. The minimum Gasteiger partial charge on any atom is -0.464 e. The quantitative estimate of drug-likeness (QED) is 0.860. The van der Waals surface area contributed by atoms with Gasteiger partial charge in [-0.1, -0.05) is 11.6 Å². The predicted octanol–water partition coefficient (Wildman–Crippen LogP) is 3.02. The second-order valence-corrected chi connectivity index (χ2v) is 5.00. The van der Waals surface area contributed by atoms with E-state index in [0.29, 0.717) is 10.7 Å². The van der Waals surface area contributed by atoms with Gasteiger partial charge in [0.1, 0.15) is 0 Å². The number of aromatic nitrogens is 2. The summed E-state index contributed by atoms with van der Waals surface area (Å²) in [6.07, 6.45) is 4.63. The fourth-order valence-electron chi connectivity index (χ4n) is 1.87. The smallest absolute Gasteiger partial charge is 0.337 e. The SMILES string of the molecule is CCOC(=O)C(C)(Nc1ccc(Cl)cc1)c1cnccn1. The normalized spacial score (nSPS) is 13.3. The number of nitrogens with one attached hydrogen (secondary N) is 1. The lowest BCUT2D eigenvalue weighted by Crippen LogP contribution is -2.42. The highest BCUT2D eigenvalue weighted by Crippen LogP contribution is 2.26. The summed E-state index contributed by atoms with van der Waals surface area (Å²) in [5.41, 5.74) is 0.0944. The van der Waals surface area contributed by atoms with Crippen LogP contribution in [0.25, 0.3) is 0 Å². The first-order valence-electron chi connectivity index (χ1n) is 6.53. The van der Waals surface area contributed by atoms with Crippen molar-refractivity contribution < 1.29 is 9.53 Å². The summed E-state index contributed by atoms with van der Waals surface area (Å²) >= 11 is 5.87. The van der Waals surface area contributed by atoms with Gasteiger partial charge in [-0.05, 0) is 38.1 Å². The molecule has 110 valence electrons. The van der Waals surface area contributed by atoms with Crippen molar-refractivity contribution in [3.05, 3.63) is 53.6 Å². The maximum Gasteiger partial charge on any atom is 0.337 e. The molecule has 0 aliphatic carbocycles. The van der Waals surface area contributed by atoms with Crippen molar-refractivity contribution in [1.82, 2.24) is 9.97 Å². The van der Waals surface area contributed by atoms with E-state index < -0.39 is 11.5 Å². The maximum atomic E-state index is 12.4. The first-order chi connectivity index (χ1) is 10.1. The van der Waals surface area contributed by atoms with E-state index in [-0.39, 0.29) is 6.61 Å². The van der Waals surface area contributed by atoms with Gasteiger partial charge >= 0.3 is 5.97 Å². The van der Waals surface area contributed by atoms with Crippen LogP contribution in [0, 0.1) is 0 Å². The molecule has 0 aliphatic heterocycles. The number of esters is 1.